The van der Waals surface area contributed by atoms with Gasteiger partial charge in [-0.2, -0.15) is 5.10 Å². The minimum absolute atomic E-state index is 0.145. The zero-order chi connectivity index (χ0) is 22.2. The molecule has 2 N–H and O–H groups in total. The quantitative estimate of drug-likeness (QED) is 0.444. The molecule has 3 aromatic rings. The predicted octanol–water partition coefficient (Wildman–Crippen LogP) is 4.39. The van der Waals surface area contributed by atoms with E-state index in [4.69, 9.17) is 4.74 Å². The molecule has 3 rings (SSSR count). The lowest BCUT2D eigenvalue weighted by atomic mass is 10.1. The van der Waals surface area contributed by atoms with Gasteiger partial charge in [0, 0.05) is 16.8 Å². The summed E-state index contributed by atoms with van der Waals surface area (Å²) in [6, 6.07) is 20.1. The van der Waals surface area contributed by atoms with Gasteiger partial charge in [0.05, 0.1) is 6.21 Å². The molecule has 0 fully saturated rings. The van der Waals surface area contributed by atoms with Crippen LogP contribution in [0.4, 0.5) is 5.69 Å². The van der Waals surface area contributed by atoms with Crippen LogP contribution in [0.25, 0.3) is 0 Å². The van der Waals surface area contributed by atoms with Crippen LogP contribution >= 0.6 is 0 Å². The number of amides is 2. The number of carbonyl (C=O) groups is 2. The fourth-order valence-electron chi connectivity index (χ4n) is 2.86. The first kappa shape index (κ1) is 21.8. The SMILES string of the molecule is Cc1ccc(C(=O)N/N=C/c2ccccc2OCC(=O)Nc2cccc(C)c2C)cc1. The number of benzene rings is 3. The smallest absolute Gasteiger partial charge is 0.271 e. The van der Waals surface area contributed by atoms with Crippen LogP contribution in [0.15, 0.2) is 71.8 Å². The van der Waals surface area contributed by atoms with Gasteiger partial charge in [0.1, 0.15) is 5.75 Å². The number of hydrogen-bond acceptors (Lipinski definition) is 4. The van der Waals surface area contributed by atoms with Crippen LogP contribution in [-0.4, -0.2) is 24.6 Å². The van der Waals surface area contributed by atoms with E-state index in [0.29, 0.717) is 16.9 Å². The third kappa shape index (κ3) is 6.02. The fourth-order valence-corrected chi connectivity index (χ4v) is 2.86. The van der Waals surface area contributed by atoms with Crippen molar-refractivity contribution in [1.29, 1.82) is 0 Å². The van der Waals surface area contributed by atoms with Crippen molar-refractivity contribution < 1.29 is 14.3 Å². The number of nitrogens with zero attached hydrogens (tertiary/aromatic N) is 1. The van der Waals surface area contributed by atoms with Crippen molar-refractivity contribution >= 4 is 23.7 Å². The van der Waals surface area contributed by atoms with Crippen molar-refractivity contribution in [3.05, 3.63) is 94.5 Å². The van der Waals surface area contributed by atoms with E-state index in [2.05, 4.69) is 15.8 Å². The number of aryl methyl sites for hydroxylation is 2. The Morgan fingerprint density at radius 3 is 2.45 bits per heavy atom. The second kappa shape index (κ2) is 10.2. The number of nitrogens with one attached hydrogen (secondary N) is 2. The monoisotopic (exact) mass is 415 g/mol. The Labute approximate surface area is 182 Å². The van der Waals surface area contributed by atoms with E-state index >= 15 is 0 Å². The van der Waals surface area contributed by atoms with Gasteiger partial charge in [-0.15, -0.1) is 0 Å². The zero-order valence-electron chi connectivity index (χ0n) is 17.8. The van der Waals surface area contributed by atoms with Crippen LogP contribution in [0.1, 0.15) is 32.6 Å². The van der Waals surface area contributed by atoms with E-state index < -0.39 is 0 Å². The van der Waals surface area contributed by atoms with E-state index in [9.17, 15) is 9.59 Å². The van der Waals surface area contributed by atoms with Gasteiger partial charge in [-0.3, -0.25) is 9.59 Å². The topological polar surface area (TPSA) is 79.8 Å². The van der Waals surface area contributed by atoms with Crippen LogP contribution in [0, 0.1) is 20.8 Å². The number of carbonyl (C=O) groups excluding carboxylic acids is 2. The lowest BCUT2D eigenvalue weighted by Gasteiger charge is -2.12. The molecule has 3 aromatic carbocycles. The Hall–Kier alpha value is -3.93. The van der Waals surface area contributed by atoms with Crippen LogP contribution in [0.2, 0.25) is 0 Å². The number of hydrazone groups is 1. The van der Waals surface area contributed by atoms with E-state index in [1.807, 2.05) is 57.2 Å². The Kier molecular flexibility index (Phi) is 7.17. The summed E-state index contributed by atoms with van der Waals surface area (Å²) in [6.07, 6.45) is 1.49. The van der Waals surface area contributed by atoms with Crippen molar-refractivity contribution in [3.8, 4) is 5.75 Å². The van der Waals surface area contributed by atoms with E-state index in [1.165, 1.54) is 6.21 Å². The summed E-state index contributed by atoms with van der Waals surface area (Å²) in [5.74, 6) is -0.0670. The molecule has 0 aliphatic rings. The molecule has 0 unspecified atom stereocenters. The van der Waals surface area contributed by atoms with Gasteiger partial charge in [0.25, 0.3) is 11.8 Å². The summed E-state index contributed by atoms with van der Waals surface area (Å²) in [7, 11) is 0. The molecule has 31 heavy (non-hydrogen) atoms. The summed E-state index contributed by atoms with van der Waals surface area (Å²) in [4.78, 5) is 24.5. The minimum Gasteiger partial charge on any atom is -0.483 e. The second-order valence-corrected chi connectivity index (χ2v) is 7.19. The zero-order valence-corrected chi connectivity index (χ0v) is 17.8. The van der Waals surface area contributed by atoms with E-state index in [1.54, 1.807) is 30.3 Å². The highest BCUT2D eigenvalue weighted by Gasteiger charge is 2.09. The van der Waals surface area contributed by atoms with Crippen LogP contribution in [0.3, 0.4) is 0 Å². The Balaban J connectivity index is 1.59. The van der Waals surface area contributed by atoms with Crippen molar-refractivity contribution in [3.63, 3.8) is 0 Å². The minimum atomic E-state index is -0.303. The highest BCUT2D eigenvalue weighted by molar-refractivity contribution is 5.95. The molecule has 0 saturated carbocycles. The molecule has 0 aromatic heterocycles. The maximum atomic E-state index is 12.3. The number of para-hydroxylation sites is 1. The second-order valence-electron chi connectivity index (χ2n) is 7.19. The lowest BCUT2D eigenvalue weighted by molar-refractivity contribution is -0.118. The van der Waals surface area contributed by atoms with Crippen LogP contribution in [0.5, 0.6) is 5.75 Å². The van der Waals surface area contributed by atoms with Crippen LogP contribution < -0.4 is 15.5 Å². The third-order valence-corrected chi connectivity index (χ3v) is 4.84. The Morgan fingerprint density at radius 1 is 0.935 bits per heavy atom. The van der Waals surface area contributed by atoms with Gasteiger partial charge in [-0.05, 0) is 62.2 Å². The van der Waals surface area contributed by atoms with Gasteiger partial charge < -0.3 is 10.1 Å². The van der Waals surface area contributed by atoms with E-state index in [-0.39, 0.29) is 18.4 Å². The standard InChI is InChI=1S/C25H25N3O3/c1-17-11-13-20(14-12-17)25(30)28-26-15-21-8-4-5-10-23(21)31-16-24(29)27-22-9-6-7-18(2)19(22)3/h4-15H,16H2,1-3H3,(H,27,29)(H,28,30)/b26-15+. The molecule has 158 valence electrons. The first-order chi connectivity index (χ1) is 14.9. The molecule has 0 saturated heterocycles. The molecule has 2 amide bonds. The van der Waals surface area contributed by atoms with Crippen molar-refractivity contribution in [2.45, 2.75) is 20.8 Å². The molecule has 0 aliphatic heterocycles. The number of rotatable bonds is 7. The predicted molar refractivity (Wildman–Crippen MR) is 123 cm³/mol. The number of anilines is 1. The highest BCUT2D eigenvalue weighted by Crippen LogP contribution is 2.19. The van der Waals surface area contributed by atoms with Gasteiger partial charge in [-0.25, -0.2) is 5.43 Å². The van der Waals surface area contributed by atoms with Crippen molar-refractivity contribution in [2.75, 3.05) is 11.9 Å². The van der Waals surface area contributed by atoms with Gasteiger partial charge in [0.2, 0.25) is 0 Å². The lowest BCUT2D eigenvalue weighted by Crippen LogP contribution is -2.21. The maximum Gasteiger partial charge on any atom is 0.271 e. The summed E-state index contributed by atoms with van der Waals surface area (Å²) in [5.41, 5.74) is 7.64. The van der Waals surface area contributed by atoms with Gasteiger partial charge in [0.15, 0.2) is 6.61 Å². The fraction of sp³-hybridized carbons (Fsp3) is 0.160. The number of hydrogen-bond donors (Lipinski definition) is 2. The largest absolute Gasteiger partial charge is 0.483 e. The Morgan fingerprint density at radius 2 is 1.68 bits per heavy atom. The summed E-state index contributed by atoms with van der Waals surface area (Å²) in [5, 5.41) is 6.88. The molecule has 0 radical (unpaired) electrons. The van der Waals surface area contributed by atoms with Gasteiger partial charge in [-0.1, -0.05) is 42.0 Å². The number of ether oxygens (including phenoxy) is 1. The average Bonchev–Trinajstić information content (AvgIpc) is 2.76. The highest BCUT2D eigenvalue weighted by atomic mass is 16.5. The van der Waals surface area contributed by atoms with Crippen LogP contribution in [-0.2, 0) is 4.79 Å². The maximum absolute atomic E-state index is 12.3. The molecular formula is C25H25N3O3. The molecule has 0 bridgehead atoms. The summed E-state index contributed by atoms with van der Waals surface area (Å²) < 4.78 is 5.68. The summed E-state index contributed by atoms with van der Waals surface area (Å²) in [6.45, 7) is 5.77. The van der Waals surface area contributed by atoms with Crippen molar-refractivity contribution in [2.24, 2.45) is 5.10 Å². The molecule has 0 spiro atoms. The first-order valence-electron chi connectivity index (χ1n) is 9.92. The van der Waals surface area contributed by atoms with E-state index in [0.717, 1.165) is 22.4 Å². The Bertz CT molecular complexity index is 1110. The molecule has 0 heterocycles. The first-order valence-corrected chi connectivity index (χ1v) is 9.92. The van der Waals surface area contributed by atoms with Crippen molar-refractivity contribution in [1.82, 2.24) is 5.43 Å². The third-order valence-electron chi connectivity index (χ3n) is 4.84. The van der Waals surface area contributed by atoms with Gasteiger partial charge >= 0.3 is 0 Å². The molecule has 6 heteroatoms. The summed E-state index contributed by atoms with van der Waals surface area (Å²) >= 11 is 0. The molecule has 6 nitrogen and oxygen atoms in total. The molecule has 0 aliphatic carbocycles. The molecular weight excluding hydrogens is 390 g/mol. The normalized spacial score (nSPS) is 10.7. The average molecular weight is 415 g/mol. The molecule has 0 atom stereocenters.